The van der Waals surface area contributed by atoms with Crippen LogP contribution >= 0.6 is 0 Å². The summed E-state index contributed by atoms with van der Waals surface area (Å²) in [4.78, 5) is 13.1. The van der Waals surface area contributed by atoms with Crippen molar-refractivity contribution in [2.75, 3.05) is 6.54 Å². The van der Waals surface area contributed by atoms with Gasteiger partial charge in [-0.15, -0.1) is 0 Å². The lowest BCUT2D eigenvalue weighted by atomic mass is 9.76. The molecule has 1 unspecified atom stereocenters. The number of carbonyl (C=O) groups excluding carboxylic acids is 1. The van der Waals surface area contributed by atoms with Gasteiger partial charge in [0.15, 0.2) is 5.60 Å². The molecule has 0 aliphatic carbocycles. The first kappa shape index (κ1) is 17.5. The lowest BCUT2D eigenvalue weighted by molar-refractivity contribution is 0.0223. The van der Waals surface area contributed by atoms with Gasteiger partial charge in [-0.1, -0.05) is 18.2 Å². The highest BCUT2D eigenvalue weighted by molar-refractivity contribution is 5.98. The molecule has 3 aromatic rings. The molecule has 6 N–H and O–H groups in total. The van der Waals surface area contributed by atoms with E-state index in [-0.39, 0.29) is 18.0 Å². The Bertz CT molecular complexity index is 1120. The number of rotatable bonds is 2. The zero-order chi connectivity index (χ0) is 20.3. The Morgan fingerprint density at radius 1 is 0.931 bits per heavy atom. The fraction of sp³-hybridized carbons (Fsp3) is 0.136. The number of phenolic OH excluding ortho intramolecular Hbond substituents is 2. The standard InChI is InChI=1S/C22H18N2O5/c23-10-17(24)13-2-1-3-16-20(13)21(27)29-22(16)14-6-4-11(25)8-18(14)28-19-9-12(26)5-7-15(19)22/h1-9,17,25-26H,10,23-24H2. The number of benzene rings is 3. The second-order valence-electron chi connectivity index (χ2n) is 7.15. The van der Waals surface area contributed by atoms with Gasteiger partial charge in [-0.2, -0.15) is 0 Å². The van der Waals surface area contributed by atoms with Crippen molar-refractivity contribution in [3.8, 4) is 23.0 Å². The van der Waals surface area contributed by atoms with E-state index in [0.29, 0.717) is 39.3 Å². The van der Waals surface area contributed by atoms with Crippen LogP contribution in [0.4, 0.5) is 0 Å². The molecule has 7 nitrogen and oxygen atoms in total. The summed E-state index contributed by atoms with van der Waals surface area (Å²) >= 11 is 0. The number of phenols is 2. The minimum absolute atomic E-state index is 0.00551. The Kier molecular flexibility index (Phi) is 3.61. The molecule has 5 rings (SSSR count). The van der Waals surface area contributed by atoms with Crippen molar-refractivity contribution in [2.24, 2.45) is 11.5 Å². The highest BCUT2D eigenvalue weighted by Crippen LogP contribution is 2.57. The van der Waals surface area contributed by atoms with Gasteiger partial charge < -0.3 is 31.2 Å². The van der Waals surface area contributed by atoms with E-state index in [9.17, 15) is 15.0 Å². The average molecular weight is 390 g/mol. The molecule has 2 aliphatic rings. The van der Waals surface area contributed by atoms with E-state index >= 15 is 0 Å². The van der Waals surface area contributed by atoms with Crippen LogP contribution in [-0.2, 0) is 10.3 Å². The molecule has 2 aliphatic heterocycles. The van der Waals surface area contributed by atoms with Crippen molar-refractivity contribution >= 4 is 5.97 Å². The third-order valence-corrected chi connectivity index (χ3v) is 5.49. The molecule has 1 atom stereocenters. The predicted octanol–water partition coefficient (Wildman–Crippen LogP) is 2.62. The van der Waals surface area contributed by atoms with Crippen LogP contribution in [0.5, 0.6) is 23.0 Å². The molecule has 0 saturated heterocycles. The maximum atomic E-state index is 13.1. The van der Waals surface area contributed by atoms with Crippen LogP contribution in [0.25, 0.3) is 0 Å². The largest absolute Gasteiger partial charge is 0.508 e. The summed E-state index contributed by atoms with van der Waals surface area (Å²) in [6.45, 7) is 0.175. The first-order chi connectivity index (χ1) is 14.0. The van der Waals surface area contributed by atoms with Gasteiger partial charge in [-0.3, -0.25) is 0 Å². The second-order valence-corrected chi connectivity index (χ2v) is 7.15. The Hall–Kier alpha value is -3.55. The molecule has 146 valence electrons. The molecule has 2 heterocycles. The molecule has 0 fully saturated rings. The molecule has 1 spiro atoms. The summed E-state index contributed by atoms with van der Waals surface area (Å²) in [6, 6.07) is 14.1. The average Bonchev–Trinajstić information content (AvgIpc) is 3.00. The van der Waals surface area contributed by atoms with Crippen LogP contribution in [-0.4, -0.2) is 22.7 Å². The van der Waals surface area contributed by atoms with E-state index in [0.717, 1.165) is 0 Å². The number of hydrogen-bond acceptors (Lipinski definition) is 7. The summed E-state index contributed by atoms with van der Waals surface area (Å²) in [7, 11) is 0. The molecule has 7 heteroatoms. The van der Waals surface area contributed by atoms with E-state index in [1.54, 1.807) is 18.2 Å². The second kappa shape index (κ2) is 5.97. The number of aromatic hydroxyl groups is 2. The van der Waals surface area contributed by atoms with Gasteiger partial charge in [0.1, 0.15) is 23.0 Å². The predicted molar refractivity (Wildman–Crippen MR) is 104 cm³/mol. The van der Waals surface area contributed by atoms with Crippen molar-refractivity contribution in [1.82, 2.24) is 0 Å². The van der Waals surface area contributed by atoms with Crippen LogP contribution in [0.15, 0.2) is 54.6 Å². The summed E-state index contributed by atoms with van der Waals surface area (Å²) in [5.41, 5.74) is 13.4. The van der Waals surface area contributed by atoms with Gasteiger partial charge in [0.25, 0.3) is 0 Å². The van der Waals surface area contributed by atoms with Crippen molar-refractivity contribution in [3.05, 3.63) is 82.4 Å². The molecule has 0 aromatic heterocycles. The van der Waals surface area contributed by atoms with Crippen LogP contribution in [0.1, 0.15) is 38.7 Å². The Morgan fingerprint density at radius 2 is 1.55 bits per heavy atom. The topological polar surface area (TPSA) is 128 Å². The quantitative estimate of drug-likeness (QED) is 0.495. The fourth-order valence-corrected chi connectivity index (χ4v) is 4.21. The maximum absolute atomic E-state index is 13.1. The summed E-state index contributed by atoms with van der Waals surface area (Å²) in [5.74, 6) is 0.158. The number of nitrogens with two attached hydrogens (primary N) is 2. The lowest BCUT2D eigenvalue weighted by Gasteiger charge is -2.36. The smallest absolute Gasteiger partial charge is 0.340 e. The Morgan fingerprint density at radius 3 is 2.14 bits per heavy atom. The van der Waals surface area contributed by atoms with Crippen molar-refractivity contribution in [3.63, 3.8) is 0 Å². The van der Waals surface area contributed by atoms with Gasteiger partial charge in [-0.25, -0.2) is 4.79 Å². The number of fused-ring (bicyclic) bond motifs is 6. The van der Waals surface area contributed by atoms with E-state index in [1.807, 2.05) is 12.1 Å². The molecule has 0 radical (unpaired) electrons. The van der Waals surface area contributed by atoms with E-state index in [4.69, 9.17) is 20.9 Å². The summed E-state index contributed by atoms with van der Waals surface area (Å²) in [6.07, 6.45) is 0. The van der Waals surface area contributed by atoms with Gasteiger partial charge >= 0.3 is 5.97 Å². The van der Waals surface area contributed by atoms with Gasteiger partial charge in [0.2, 0.25) is 0 Å². The van der Waals surface area contributed by atoms with Crippen molar-refractivity contribution in [2.45, 2.75) is 11.6 Å². The Balaban J connectivity index is 1.88. The Labute approximate surface area is 166 Å². The molecule has 29 heavy (non-hydrogen) atoms. The van der Waals surface area contributed by atoms with Gasteiger partial charge in [0, 0.05) is 41.4 Å². The number of ether oxygens (including phenoxy) is 2. The molecule has 0 bridgehead atoms. The molecule has 3 aromatic carbocycles. The highest BCUT2D eigenvalue weighted by atomic mass is 16.6. The summed E-state index contributed by atoms with van der Waals surface area (Å²) < 4.78 is 12.0. The minimum Gasteiger partial charge on any atom is -0.508 e. The van der Waals surface area contributed by atoms with Gasteiger partial charge in [-0.05, 0) is 29.8 Å². The minimum atomic E-state index is -1.29. The molecule has 0 amide bonds. The van der Waals surface area contributed by atoms with Crippen LogP contribution in [0, 0.1) is 0 Å². The first-order valence-corrected chi connectivity index (χ1v) is 9.13. The highest BCUT2D eigenvalue weighted by Gasteiger charge is 2.54. The fourth-order valence-electron chi connectivity index (χ4n) is 4.21. The van der Waals surface area contributed by atoms with Crippen LogP contribution in [0.3, 0.4) is 0 Å². The maximum Gasteiger partial charge on any atom is 0.340 e. The van der Waals surface area contributed by atoms with Gasteiger partial charge in [0.05, 0.1) is 5.56 Å². The third-order valence-electron chi connectivity index (χ3n) is 5.49. The van der Waals surface area contributed by atoms with Crippen molar-refractivity contribution < 1.29 is 24.5 Å². The van der Waals surface area contributed by atoms with E-state index in [2.05, 4.69) is 0 Å². The number of carbonyl (C=O) groups is 1. The normalized spacial score (nSPS) is 16.4. The number of esters is 1. The molecule has 0 saturated carbocycles. The number of hydrogen-bond donors (Lipinski definition) is 4. The zero-order valence-electron chi connectivity index (χ0n) is 15.3. The zero-order valence-corrected chi connectivity index (χ0v) is 15.3. The molecular formula is C22H18N2O5. The van der Waals surface area contributed by atoms with E-state index in [1.165, 1.54) is 24.3 Å². The van der Waals surface area contributed by atoms with Crippen molar-refractivity contribution in [1.29, 1.82) is 0 Å². The molecular weight excluding hydrogens is 372 g/mol. The lowest BCUT2D eigenvalue weighted by Crippen LogP contribution is -2.33. The monoisotopic (exact) mass is 390 g/mol. The van der Waals surface area contributed by atoms with Crippen LogP contribution in [0.2, 0.25) is 0 Å². The van der Waals surface area contributed by atoms with Crippen LogP contribution < -0.4 is 16.2 Å². The van der Waals surface area contributed by atoms with E-state index < -0.39 is 17.6 Å². The summed E-state index contributed by atoms with van der Waals surface area (Å²) in [5, 5.41) is 19.9. The third kappa shape index (κ3) is 2.28. The SMILES string of the molecule is NCC(N)c1cccc2c1C(=O)OC21c2ccc(O)cc2Oc2cc(O)ccc21. The first-order valence-electron chi connectivity index (χ1n) is 9.13.